The van der Waals surface area contributed by atoms with E-state index in [1.165, 1.54) is 18.6 Å². The van der Waals surface area contributed by atoms with E-state index in [9.17, 15) is 0 Å². The van der Waals surface area contributed by atoms with Crippen LogP contribution in [-0.2, 0) is 0 Å². The molecule has 0 fully saturated rings. The fourth-order valence-corrected chi connectivity index (χ4v) is 1.59. The molecule has 0 amide bonds. The summed E-state index contributed by atoms with van der Waals surface area (Å²) in [5.41, 5.74) is 0. The van der Waals surface area contributed by atoms with Crippen molar-refractivity contribution in [2.75, 3.05) is 18.8 Å². The largest absolute Gasteiger partial charge is 0.365 e. The van der Waals surface area contributed by atoms with Gasteiger partial charge < -0.3 is 5.32 Å². The van der Waals surface area contributed by atoms with Crippen molar-refractivity contribution in [3.05, 3.63) is 0 Å². The maximum absolute atomic E-state index is 4.34. The van der Waals surface area contributed by atoms with Crippen molar-refractivity contribution < 1.29 is 0 Å². The van der Waals surface area contributed by atoms with Gasteiger partial charge in [0, 0.05) is 18.8 Å². The van der Waals surface area contributed by atoms with Crippen molar-refractivity contribution in [2.24, 2.45) is 4.99 Å². The Hall–Kier alpha value is -0.180. The van der Waals surface area contributed by atoms with E-state index in [0.717, 1.165) is 18.3 Å². The fourth-order valence-electron chi connectivity index (χ4n) is 0.806. The van der Waals surface area contributed by atoms with E-state index < -0.39 is 0 Å². The van der Waals surface area contributed by atoms with E-state index in [2.05, 4.69) is 17.2 Å². The molecule has 0 aromatic heterocycles. The molecule has 0 unspecified atom stereocenters. The molecule has 1 heterocycles. The van der Waals surface area contributed by atoms with E-state index in [-0.39, 0.29) is 0 Å². The number of hydrogen-bond donors (Lipinski definition) is 1. The Labute approximate surface area is 66.5 Å². The third-order valence-corrected chi connectivity index (χ3v) is 2.47. The molecule has 0 aromatic rings. The molecular weight excluding hydrogens is 144 g/mol. The van der Waals surface area contributed by atoms with Gasteiger partial charge in [-0.05, 0) is 12.8 Å². The minimum Gasteiger partial charge on any atom is -0.365 e. The Bertz CT molecular complexity index is 123. The van der Waals surface area contributed by atoms with Crippen LogP contribution in [0, 0.1) is 0 Å². The lowest BCUT2D eigenvalue weighted by Gasteiger charge is -2.12. The summed E-state index contributed by atoms with van der Waals surface area (Å²) in [7, 11) is 0. The first-order valence-electron chi connectivity index (χ1n) is 3.84. The highest BCUT2D eigenvalue weighted by molar-refractivity contribution is 8.13. The Morgan fingerprint density at radius 3 is 3.20 bits per heavy atom. The van der Waals surface area contributed by atoms with Crippen LogP contribution in [0.25, 0.3) is 0 Å². The SMILES string of the molecule is CCCSC1=NCCCN1. The van der Waals surface area contributed by atoms with Crippen molar-refractivity contribution in [1.29, 1.82) is 0 Å². The zero-order valence-corrected chi connectivity index (χ0v) is 7.21. The van der Waals surface area contributed by atoms with Crippen LogP contribution in [-0.4, -0.2) is 24.0 Å². The molecule has 0 saturated heterocycles. The van der Waals surface area contributed by atoms with Gasteiger partial charge >= 0.3 is 0 Å². The Morgan fingerprint density at radius 2 is 2.60 bits per heavy atom. The molecule has 1 N–H and O–H groups in total. The van der Waals surface area contributed by atoms with Gasteiger partial charge in [0.05, 0.1) is 0 Å². The van der Waals surface area contributed by atoms with Crippen LogP contribution in [0.4, 0.5) is 0 Å². The first-order chi connectivity index (χ1) is 4.93. The van der Waals surface area contributed by atoms with Gasteiger partial charge in [0.1, 0.15) is 0 Å². The van der Waals surface area contributed by atoms with E-state index in [0.29, 0.717) is 0 Å². The fraction of sp³-hybridized carbons (Fsp3) is 0.857. The summed E-state index contributed by atoms with van der Waals surface area (Å²) < 4.78 is 0. The van der Waals surface area contributed by atoms with Gasteiger partial charge in [0.15, 0.2) is 5.17 Å². The monoisotopic (exact) mass is 158 g/mol. The second-order valence-electron chi connectivity index (χ2n) is 2.32. The molecule has 0 aromatic carbocycles. The van der Waals surface area contributed by atoms with Crippen molar-refractivity contribution in [1.82, 2.24) is 5.32 Å². The lowest BCUT2D eigenvalue weighted by molar-refractivity contribution is 0.751. The smallest absolute Gasteiger partial charge is 0.156 e. The molecule has 0 aliphatic carbocycles. The van der Waals surface area contributed by atoms with E-state index in [4.69, 9.17) is 0 Å². The molecule has 0 bridgehead atoms. The molecule has 1 aliphatic heterocycles. The van der Waals surface area contributed by atoms with Crippen LogP contribution in [0.15, 0.2) is 4.99 Å². The number of rotatable bonds is 2. The second kappa shape index (κ2) is 4.61. The molecule has 10 heavy (non-hydrogen) atoms. The van der Waals surface area contributed by atoms with Gasteiger partial charge in [0.25, 0.3) is 0 Å². The average Bonchev–Trinajstić information content (AvgIpc) is 2.03. The Kier molecular flexibility index (Phi) is 3.65. The van der Waals surface area contributed by atoms with Crippen LogP contribution in [0.3, 0.4) is 0 Å². The summed E-state index contributed by atoms with van der Waals surface area (Å²) >= 11 is 1.84. The minimum atomic E-state index is 1.01. The first-order valence-corrected chi connectivity index (χ1v) is 4.83. The van der Waals surface area contributed by atoms with Gasteiger partial charge in [-0.25, -0.2) is 0 Å². The molecule has 1 aliphatic rings. The highest BCUT2D eigenvalue weighted by Crippen LogP contribution is 2.06. The maximum Gasteiger partial charge on any atom is 0.156 e. The van der Waals surface area contributed by atoms with Crippen molar-refractivity contribution >= 4 is 16.9 Å². The van der Waals surface area contributed by atoms with Crippen molar-refractivity contribution in [2.45, 2.75) is 19.8 Å². The standard InChI is InChI=1S/C7H14N2S/c1-2-6-10-7-8-4-3-5-9-7/h2-6H2,1H3,(H,8,9). The van der Waals surface area contributed by atoms with Gasteiger partial charge in [0.2, 0.25) is 0 Å². The zero-order valence-electron chi connectivity index (χ0n) is 6.39. The predicted molar refractivity (Wildman–Crippen MR) is 47.7 cm³/mol. The number of hydrogen-bond acceptors (Lipinski definition) is 3. The number of thioether (sulfide) groups is 1. The van der Waals surface area contributed by atoms with Crippen molar-refractivity contribution in [3.8, 4) is 0 Å². The topological polar surface area (TPSA) is 24.4 Å². The van der Waals surface area contributed by atoms with Crippen LogP contribution < -0.4 is 5.32 Å². The molecule has 2 nitrogen and oxygen atoms in total. The normalized spacial score (nSPS) is 17.9. The summed E-state index contributed by atoms with van der Waals surface area (Å²) in [6.07, 6.45) is 2.42. The number of amidine groups is 1. The van der Waals surface area contributed by atoms with Crippen LogP contribution >= 0.6 is 11.8 Å². The third kappa shape index (κ3) is 2.60. The zero-order chi connectivity index (χ0) is 7.23. The second-order valence-corrected chi connectivity index (χ2v) is 3.40. The lowest BCUT2D eigenvalue weighted by atomic mass is 10.4. The van der Waals surface area contributed by atoms with Crippen LogP contribution in [0.2, 0.25) is 0 Å². The molecule has 1 rings (SSSR count). The van der Waals surface area contributed by atoms with Gasteiger partial charge in [-0.2, -0.15) is 0 Å². The average molecular weight is 158 g/mol. The van der Waals surface area contributed by atoms with Gasteiger partial charge in [-0.3, -0.25) is 4.99 Å². The van der Waals surface area contributed by atoms with E-state index in [1.807, 2.05) is 11.8 Å². The third-order valence-electron chi connectivity index (χ3n) is 1.31. The first kappa shape index (κ1) is 7.92. The summed E-state index contributed by atoms with van der Waals surface area (Å²) in [6, 6.07) is 0. The van der Waals surface area contributed by atoms with Crippen molar-refractivity contribution in [3.63, 3.8) is 0 Å². The Morgan fingerprint density at radius 1 is 1.70 bits per heavy atom. The highest BCUT2D eigenvalue weighted by atomic mass is 32.2. The summed E-state index contributed by atoms with van der Waals surface area (Å²) in [4.78, 5) is 4.34. The summed E-state index contributed by atoms with van der Waals surface area (Å²) in [5.74, 6) is 1.19. The molecule has 0 atom stereocenters. The molecule has 0 saturated carbocycles. The van der Waals surface area contributed by atoms with E-state index >= 15 is 0 Å². The number of aliphatic imine (C=N–C) groups is 1. The Balaban J connectivity index is 2.18. The highest BCUT2D eigenvalue weighted by Gasteiger charge is 2.01. The quantitative estimate of drug-likeness (QED) is 0.658. The maximum atomic E-state index is 4.34. The summed E-state index contributed by atoms with van der Waals surface area (Å²) in [6.45, 7) is 4.31. The molecule has 0 radical (unpaired) electrons. The minimum absolute atomic E-state index is 1.01. The molecular formula is C7H14N2S. The van der Waals surface area contributed by atoms with Crippen LogP contribution in [0.1, 0.15) is 19.8 Å². The number of nitrogens with zero attached hydrogens (tertiary/aromatic N) is 1. The predicted octanol–water partition coefficient (Wildman–Crippen LogP) is 1.48. The molecule has 0 spiro atoms. The van der Waals surface area contributed by atoms with Gasteiger partial charge in [-0.1, -0.05) is 18.7 Å². The molecule has 3 heteroatoms. The summed E-state index contributed by atoms with van der Waals surface area (Å²) in [5, 5.41) is 4.41. The number of nitrogens with one attached hydrogen (secondary N) is 1. The van der Waals surface area contributed by atoms with E-state index in [1.54, 1.807) is 0 Å². The lowest BCUT2D eigenvalue weighted by Crippen LogP contribution is -2.26. The molecule has 58 valence electrons. The van der Waals surface area contributed by atoms with Crippen LogP contribution in [0.5, 0.6) is 0 Å². The van der Waals surface area contributed by atoms with Gasteiger partial charge in [-0.15, -0.1) is 0 Å².